The number of benzene rings is 1. The molecule has 0 atom stereocenters. The fourth-order valence-electron chi connectivity index (χ4n) is 3.28. The molecule has 2 fully saturated rings. The second-order valence-corrected chi connectivity index (χ2v) is 6.43. The van der Waals surface area contributed by atoms with E-state index in [2.05, 4.69) is 42.3 Å². The zero-order chi connectivity index (χ0) is 14.0. The quantitative estimate of drug-likeness (QED) is 0.891. The number of nitrogens with one attached hydrogen (secondary N) is 1. The second kappa shape index (κ2) is 5.84. The van der Waals surface area contributed by atoms with Crippen molar-refractivity contribution in [3.8, 4) is 0 Å². The van der Waals surface area contributed by atoms with E-state index in [0.29, 0.717) is 0 Å². The van der Waals surface area contributed by atoms with Crippen molar-refractivity contribution in [2.75, 3.05) is 32.8 Å². The topological polar surface area (TPSA) is 24.5 Å². The molecule has 2 aliphatic heterocycles. The van der Waals surface area contributed by atoms with Crippen LogP contribution in [0.4, 0.5) is 0 Å². The maximum Gasteiger partial charge on any atom is 0.0804 e. The Kier molecular flexibility index (Phi) is 4.11. The van der Waals surface area contributed by atoms with Gasteiger partial charge < -0.3 is 10.1 Å². The first kappa shape index (κ1) is 14.1. The van der Waals surface area contributed by atoms with E-state index in [-0.39, 0.29) is 5.54 Å². The van der Waals surface area contributed by atoms with Gasteiger partial charge in [-0.3, -0.25) is 4.90 Å². The van der Waals surface area contributed by atoms with Crippen molar-refractivity contribution >= 4 is 0 Å². The van der Waals surface area contributed by atoms with E-state index in [9.17, 15) is 0 Å². The van der Waals surface area contributed by atoms with Gasteiger partial charge >= 0.3 is 0 Å². The number of nitrogens with zero attached hydrogens (tertiary/aromatic N) is 1. The molecule has 20 heavy (non-hydrogen) atoms. The summed E-state index contributed by atoms with van der Waals surface area (Å²) in [5.74, 6) is 0. The molecule has 0 unspecified atom stereocenters. The second-order valence-electron chi connectivity index (χ2n) is 6.43. The van der Waals surface area contributed by atoms with Crippen LogP contribution in [-0.2, 0) is 11.3 Å². The molecule has 3 rings (SSSR count). The van der Waals surface area contributed by atoms with Gasteiger partial charge in [-0.15, -0.1) is 0 Å². The Morgan fingerprint density at radius 1 is 1.15 bits per heavy atom. The number of rotatable bonds is 5. The maximum atomic E-state index is 5.51. The first-order valence-corrected chi connectivity index (χ1v) is 7.79. The van der Waals surface area contributed by atoms with Crippen molar-refractivity contribution in [2.24, 2.45) is 0 Å². The summed E-state index contributed by atoms with van der Waals surface area (Å²) in [6.45, 7) is 10.6. The third-order valence-electron chi connectivity index (χ3n) is 4.87. The lowest BCUT2D eigenvalue weighted by Crippen LogP contribution is -2.66. The molecule has 1 aromatic rings. The van der Waals surface area contributed by atoms with Gasteiger partial charge in [-0.2, -0.15) is 0 Å². The van der Waals surface area contributed by atoms with Gasteiger partial charge in [-0.25, -0.2) is 0 Å². The Morgan fingerprint density at radius 3 is 2.50 bits per heavy atom. The summed E-state index contributed by atoms with van der Waals surface area (Å²) in [4.78, 5) is 2.63. The van der Waals surface area contributed by atoms with Crippen molar-refractivity contribution in [3.05, 3.63) is 34.9 Å². The lowest BCUT2D eigenvalue weighted by atomic mass is 9.95. The highest BCUT2D eigenvalue weighted by molar-refractivity contribution is 5.29. The number of aryl methyl sites for hydroxylation is 2. The van der Waals surface area contributed by atoms with Crippen molar-refractivity contribution in [1.82, 2.24) is 10.2 Å². The van der Waals surface area contributed by atoms with E-state index in [0.717, 1.165) is 26.3 Å². The van der Waals surface area contributed by atoms with E-state index >= 15 is 0 Å². The molecule has 0 bridgehead atoms. The summed E-state index contributed by atoms with van der Waals surface area (Å²) in [6.07, 6.45) is 2.69. The molecule has 2 saturated heterocycles. The average molecular weight is 274 g/mol. The third kappa shape index (κ3) is 2.76. The van der Waals surface area contributed by atoms with Crippen LogP contribution < -0.4 is 5.32 Å². The van der Waals surface area contributed by atoms with Crippen LogP contribution >= 0.6 is 0 Å². The molecule has 0 aliphatic carbocycles. The first-order chi connectivity index (χ1) is 9.70. The summed E-state index contributed by atoms with van der Waals surface area (Å²) in [5, 5.41) is 3.65. The molecule has 0 amide bonds. The SMILES string of the molecule is Cc1ccc(CNCC2(N3CCCC3)COC2)cc1C. The minimum Gasteiger partial charge on any atom is -0.377 e. The van der Waals surface area contributed by atoms with Crippen molar-refractivity contribution in [1.29, 1.82) is 0 Å². The van der Waals surface area contributed by atoms with E-state index in [1.165, 1.54) is 42.6 Å². The van der Waals surface area contributed by atoms with E-state index in [1.807, 2.05) is 0 Å². The van der Waals surface area contributed by atoms with Gasteiger partial charge in [-0.1, -0.05) is 18.2 Å². The maximum absolute atomic E-state index is 5.51. The minimum absolute atomic E-state index is 0.274. The summed E-state index contributed by atoms with van der Waals surface area (Å²) in [6, 6.07) is 6.74. The van der Waals surface area contributed by atoms with Gasteiger partial charge in [0, 0.05) is 13.1 Å². The van der Waals surface area contributed by atoms with Crippen LogP contribution in [0.5, 0.6) is 0 Å². The number of ether oxygens (including phenoxy) is 1. The number of hydrogen-bond acceptors (Lipinski definition) is 3. The van der Waals surface area contributed by atoms with Crippen LogP contribution in [-0.4, -0.2) is 43.3 Å². The van der Waals surface area contributed by atoms with Gasteiger partial charge in [0.1, 0.15) is 0 Å². The van der Waals surface area contributed by atoms with Gasteiger partial charge in [0.25, 0.3) is 0 Å². The Morgan fingerprint density at radius 2 is 1.90 bits per heavy atom. The first-order valence-electron chi connectivity index (χ1n) is 7.79. The summed E-state index contributed by atoms with van der Waals surface area (Å²) >= 11 is 0. The Balaban J connectivity index is 1.54. The highest BCUT2D eigenvalue weighted by Crippen LogP contribution is 2.28. The van der Waals surface area contributed by atoms with E-state index in [1.54, 1.807) is 0 Å². The molecule has 2 aliphatic rings. The van der Waals surface area contributed by atoms with E-state index in [4.69, 9.17) is 4.74 Å². The zero-order valence-electron chi connectivity index (χ0n) is 12.7. The van der Waals surface area contributed by atoms with Crippen LogP contribution in [0, 0.1) is 13.8 Å². The molecule has 0 aromatic heterocycles. The monoisotopic (exact) mass is 274 g/mol. The lowest BCUT2D eigenvalue weighted by molar-refractivity contribution is -0.131. The van der Waals surface area contributed by atoms with Gasteiger partial charge in [0.15, 0.2) is 0 Å². The molecule has 3 heteroatoms. The fourth-order valence-corrected chi connectivity index (χ4v) is 3.28. The predicted octanol–water partition coefficient (Wildman–Crippen LogP) is 2.26. The summed E-state index contributed by atoms with van der Waals surface area (Å²) in [7, 11) is 0. The van der Waals surface area contributed by atoms with Crippen LogP contribution in [0.15, 0.2) is 18.2 Å². The van der Waals surface area contributed by atoms with Crippen LogP contribution in [0.2, 0.25) is 0 Å². The Hall–Kier alpha value is -0.900. The lowest BCUT2D eigenvalue weighted by Gasteiger charge is -2.48. The van der Waals surface area contributed by atoms with Gasteiger partial charge in [0.05, 0.1) is 18.8 Å². The summed E-state index contributed by atoms with van der Waals surface area (Å²) in [5.41, 5.74) is 4.40. The molecule has 2 heterocycles. The minimum atomic E-state index is 0.274. The Bertz CT molecular complexity index is 462. The predicted molar refractivity (Wildman–Crippen MR) is 82.0 cm³/mol. The Labute approximate surface area is 122 Å². The molecule has 0 saturated carbocycles. The number of hydrogen-bond donors (Lipinski definition) is 1. The smallest absolute Gasteiger partial charge is 0.0804 e. The number of likely N-dealkylation sites (tertiary alicyclic amines) is 1. The molecule has 0 radical (unpaired) electrons. The molecule has 3 nitrogen and oxygen atoms in total. The standard InChI is InChI=1S/C17H26N2O/c1-14-5-6-16(9-15(14)2)10-18-11-17(12-20-13-17)19-7-3-4-8-19/h5-6,9,18H,3-4,7-8,10-13H2,1-2H3. The van der Waals surface area contributed by atoms with E-state index < -0.39 is 0 Å². The molecule has 110 valence electrons. The molecule has 0 spiro atoms. The molecule has 1 N–H and O–H groups in total. The molecular formula is C17H26N2O. The largest absolute Gasteiger partial charge is 0.377 e. The van der Waals surface area contributed by atoms with Crippen molar-refractivity contribution < 1.29 is 4.74 Å². The highest BCUT2D eigenvalue weighted by Gasteiger charge is 2.44. The normalized spacial score (nSPS) is 21.9. The summed E-state index contributed by atoms with van der Waals surface area (Å²) < 4.78 is 5.51. The van der Waals surface area contributed by atoms with Gasteiger partial charge in [-0.05, 0) is 56.5 Å². The van der Waals surface area contributed by atoms with Crippen LogP contribution in [0.1, 0.15) is 29.5 Å². The van der Waals surface area contributed by atoms with Crippen molar-refractivity contribution in [3.63, 3.8) is 0 Å². The average Bonchev–Trinajstić information content (AvgIpc) is 2.91. The fraction of sp³-hybridized carbons (Fsp3) is 0.647. The van der Waals surface area contributed by atoms with Crippen LogP contribution in [0.25, 0.3) is 0 Å². The molecule has 1 aromatic carbocycles. The molecular weight excluding hydrogens is 248 g/mol. The van der Waals surface area contributed by atoms with Gasteiger partial charge in [0.2, 0.25) is 0 Å². The van der Waals surface area contributed by atoms with Crippen LogP contribution in [0.3, 0.4) is 0 Å². The third-order valence-corrected chi connectivity index (χ3v) is 4.87. The zero-order valence-corrected chi connectivity index (χ0v) is 12.7. The highest BCUT2D eigenvalue weighted by atomic mass is 16.5. The van der Waals surface area contributed by atoms with Crippen molar-refractivity contribution in [2.45, 2.75) is 38.8 Å².